The molecule has 0 aliphatic carbocycles. The minimum absolute atomic E-state index is 0.146. The van der Waals surface area contributed by atoms with Gasteiger partial charge in [0.25, 0.3) is 0 Å². The molecule has 1 heterocycles. The van der Waals surface area contributed by atoms with Crippen LogP contribution in [0.5, 0.6) is 0 Å². The number of piperidine rings is 1. The fourth-order valence-corrected chi connectivity index (χ4v) is 3.39. The Morgan fingerprint density at radius 1 is 1.23 bits per heavy atom. The molecule has 124 valence electrons. The summed E-state index contributed by atoms with van der Waals surface area (Å²) in [5.41, 5.74) is 1.34. The van der Waals surface area contributed by atoms with Gasteiger partial charge >= 0.3 is 0 Å². The lowest BCUT2D eigenvalue weighted by Gasteiger charge is -2.41. The maximum absolute atomic E-state index is 9.99. The summed E-state index contributed by atoms with van der Waals surface area (Å²) in [4.78, 5) is 2.55. The molecule has 22 heavy (non-hydrogen) atoms. The molecule has 0 spiro atoms. The lowest BCUT2D eigenvalue weighted by Crippen LogP contribution is -2.51. The smallest absolute Gasteiger partial charge is 0.0540 e. The highest BCUT2D eigenvalue weighted by Gasteiger charge is 2.29. The van der Waals surface area contributed by atoms with Gasteiger partial charge in [0.05, 0.1) is 6.10 Å². The molecule has 2 rings (SSSR count). The third kappa shape index (κ3) is 5.38. The molecule has 3 nitrogen and oxygen atoms in total. The fourth-order valence-electron chi connectivity index (χ4n) is 3.39. The highest BCUT2D eigenvalue weighted by atomic mass is 16.3. The summed E-state index contributed by atoms with van der Waals surface area (Å²) in [6.45, 7) is 9.78. The molecule has 1 aromatic rings. The van der Waals surface area contributed by atoms with Gasteiger partial charge < -0.3 is 10.4 Å². The van der Waals surface area contributed by atoms with Crippen LogP contribution in [-0.4, -0.2) is 41.3 Å². The molecule has 0 aromatic heterocycles. The van der Waals surface area contributed by atoms with Gasteiger partial charge in [0.1, 0.15) is 0 Å². The first-order valence-corrected chi connectivity index (χ1v) is 8.77. The monoisotopic (exact) mass is 304 g/mol. The molecular formula is C19H32N2O. The molecule has 3 unspecified atom stereocenters. The zero-order valence-corrected chi connectivity index (χ0v) is 14.3. The highest BCUT2D eigenvalue weighted by Crippen LogP contribution is 2.24. The van der Waals surface area contributed by atoms with E-state index in [-0.39, 0.29) is 6.10 Å². The van der Waals surface area contributed by atoms with Gasteiger partial charge in [-0.15, -0.1) is 0 Å². The zero-order chi connectivity index (χ0) is 15.9. The number of likely N-dealkylation sites (tertiary alicyclic amines) is 1. The van der Waals surface area contributed by atoms with Gasteiger partial charge in [-0.05, 0) is 44.6 Å². The zero-order valence-electron chi connectivity index (χ0n) is 14.3. The molecule has 1 aromatic carbocycles. The van der Waals surface area contributed by atoms with Crippen molar-refractivity contribution in [2.75, 3.05) is 13.1 Å². The third-order valence-corrected chi connectivity index (χ3v) is 4.81. The Bertz CT molecular complexity index is 421. The van der Waals surface area contributed by atoms with Gasteiger partial charge in [-0.25, -0.2) is 0 Å². The first kappa shape index (κ1) is 17.5. The van der Waals surface area contributed by atoms with E-state index in [2.05, 4.69) is 61.3 Å². The summed E-state index contributed by atoms with van der Waals surface area (Å²) in [5, 5.41) is 13.7. The van der Waals surface area contributed by atoms with Gasteiger partial charge in [-0.1, -0.05) is 37.3 Å². The van der Waals surface area contributed by atoms with Crippen molar-refractivity contribution in [3.8, 4) is 0 Å². The van der Waals surface area contributed by atoms with E-state index in [0.29, 0.717) is 18.0 Å². The molecule has 0 amide bonds. The van der Waals surface area contributed by atoms with E-state index in [1.54, 1.807) is 0 Å². The van der Waals surface area contributed by atoms with Crippen LogP contribution in [0.3, 0.4) is 0 Å². The Morgan fingerprint density at radius 2 is 1.95 bits per heavy atom. The second kappa shape index (κ2) is 8.66. The molecule has 1 aliphatic heterocycles. The van der Waals surface area contributed by atoms with Crippen LogP contribution < -0.4 is 5.32 Å². The number of nitrogens with zero attached hydrogens (tertiary/aromatic N) is 1. The van der Waals surface area contributed by atoms with E-state index < -0.39 is 0 Å². The SMILES string of the molecule is CCC(O)CC1CC(NCc2ccccc2)CN(C(C)C)C1. The second-order valence-corrected chi connectivity index (χ2v) is 7.01. The number of hydrogen-bond donors (Lipinski definition) is 2. The Labute approximate surface area is 135 Å². The van der Waals surface area contributed by atoms with E-state index in [1.807, 2.05) is 0 Å². The molecule has 0 radical (unpaired) electrons. The molecule has 1 fully saturated rings. The summed E-state index contributed by atoms with van der Waals surface area (Å²) < 4.78 is 0. The summed E-state index contributed by atoms with van der Waals surface area (Å²) in [7, 11) is 0. The van der Waals surface area contributed by atoms with Gasteiger partial charge in [-0.2, -0.15) is 0 Å². The number of aliphatic hydroxyl groups excluding tert-OH is 1. The Kier molecular flexibility index (Phi) is 6.87. The summed E-state index contributed by atoms with van der Waals surface area (Å²) in [6.07, 6.45) is 2.82. The molecule has 1 saturated heterocycles. The Hall–Kier alpha value is -0.900. The average Bonchev–Trinajstić information content (AvgIpc) is 2.53. The largest absolute Gasteiger partial charge is 0.393 e. The predicted molar refractivity (Wildman–Crippen MR) is 92.8 cm³/mol. The first-order valence-electron chi connectivity index (χ1n) is 8.77. The van der Waals surface area contributed by atoms with Crippen molar-refractivity contribution in [1.29, 1.82) is 0 Å². The number of nitrogens with one attached hydrogen (secondary N) is 1. The maximum Gasteiger partial charge on any atom is 0.0540 e. The fraction of sp³-hybridized carbons (Fsp3) is 0.684. The van der Waals surface area contributed by atoms with Crippen LogP contribution in [0.4, 0.5) is 0 Å². The number of benzene rings is 1. The molecular weight excluding hydrogens is 272 g/mol. The number of aliphatic hydroxyl groups is 1. The Balaban J connectivity index is 1.90. The van der Waals surface area contributed by atoms with Crippen molar-refractivity contribution < 1.29 is 5.11 Å². The first-order chi connectivity index (χ1) is 10.6. The molecule has 0 bridgehead atoms. The van der Waals surface area contributed by atoms with Crippen LogP contribution in [-0.2, 0) is 6.54 Å². The molecule has 2 N–H and O–H groups in total. The standard InChI is InChI=1S/C19H32N2O/c1-4-19(22)11-17-10-18(14-21(13-17)15(2)3)20-12-16-8-6-5-7-9-16/h5-9,15,17-20,22H,4,10-14H2,1-3H3. The van der Waals surface area contributed by atoms with E-state index in [9.17, 15) is 5.11 Å². The van der Waals surface area contributed by atoms with Crippen LogP contribution in [0.2, 0.25) is 0 Å². The van der Waals surface area contributed by atoms with Crippen LogP contribution in [0.25, 0.3) is 0 Å². The number of rotatable bonds is 7. The minimum Gasteiger partial charge on any atom is -0.393 e. The molecule has 3 atom stereocenters. The normalized spacial score (nSPS) is 24.6. The second-order valence-electron chi connectivity index (χ2n) is 7.01. The molecule has 0 saturated carbocycles. The Morgan fingerprint density at radius 3 is 2.59 bits per heavy atom. The van der Waals surface area contributed by atoms with Crippen molar-refractivity contribution in [3.63, 3.8) is 0 Å². The van der Waals surface area contributed by atoms with Crippen molar-refractivity contribution in [1.82, 2.24) is 10.2 Å². The van der Waals surface area contributed by atoms with E-state index in [4.69, 9.17) is 0 Å². The predicted octanol–water partition coefficient (Wildman–Crippen LogP) is 3.04. The molecule has 3 heteroatoms. The lowest BCUT2D eigenvalue weighted by molar-refractivity contribution is 0.0691. The quantitative estimate of drug-likeness (QED) is 0.813. The number of hydrogen-bond acceptors (Lipinski definition) is 3. The summed E-state index contributed by atoms with van der Waals surface area (Å²) in [5.74, 6) is 0.597. The van der Waals surface area contributed by atoms with Crippen molar-refractivity contribution in [3.05, 3.63) is 35.9 Å². The highest BCUT2D eigenvalue weighted by molar-refractivity contribution is 5.14. The van der Waals surface area contributed by atoms with Crippen LogP contribution in [0.1, 0.15) is 45.6 Å². The van der Waals surface area contributed by atoms with Gasteiger partial charge in [-0.3, -0.25) is 4.90 Å². The van der Waals surface area contributed by atoms with Crippen molar-refractivity contribution >= 4 is 0 Å². The lowest BCUT2D eigenvalue weighted by atomic mass is 9.88. The maximum atomic E-state index is 9.99. The summed E-state index contributed by atoms with van der Waals surface area (Å²) in [6, 6.07) is 11.7. The summed E-state index contributed by atoms with van der Waals surface area (Å²) >= 11 is 0. The van der Waals surface area contributed by atoms with Gasteiger partial charge in [0, 0.05) is 31.7 Å². The van der Waals surface area contributed by atoms with E-state index >= 15 is 0 Å². The topological polar surface area (TPSA) is 35.5 Å². The molecule has 1 aliphatic rings. The van der Waals surface area contributed by atoms with Crippen molar-refractivity contribution in [2.45, 2.75) is 64.8 Å². The van der Waals surface area contributed by atoms with Gasteiger partial charge in [0.2, 0.25) is 0 Å². The third-order valence-electron chi connectivity index (χ3n) is 4.81. The van der Waals surface area contributed by atoms with Crippen LogP contribution >= 0.6 is 0 Å². The van der Waals surface area contributed by atoms with Crippen molar-refractivity contribution in [2.24, 2.45) is 5.92 Å². The average molecular weight is 304 g/mol. The van der Waals surface area contributed by atoms with Crippen LogP contribution in [0, 0.1) is 5.92 Å². The minimum atomic E-state index is -0.146. The van der Waals surface area contributed by atoms with Crippen LogP contribution in [0.15, 0.2) is 30.3 Å². The van der Waals surface area contributed by atoms with Gasteiger partial charge in [0.15, 0.2) is 0 Å². The van der Waals surface area contributed by atoms with E-state index in [0.717, 1.165) is 32.5 Å². The van der Waals surface area contributed by atoms with E-state index in [1.165, 1.54) is 12.0 Å².